The van der Waals surface area contributed by atoms with Crippen molar-refractivity contribution in [3.05, 3.63) is 34.2 Å². The van der Waals surface area contributed by atoms with Crippen molar-refractivity contribution in [1.82, 2.24) is 14.9 Å². The topological polar surface area (TPSA) is 87.1 Å². The standard InChI is InChI=1S/C15H19N3O3/c1-18-12-5-4-10(8-11(12)17-14(18)20)13(19)16-9-15(21)6-2-3-7-15/h4-5,8,21H,2-3,6-7,9H2,1H3,(H,16,19)(H,17,20). The molecule has 3 rings (SSSR count). The highest BCUT2D eigenvalue weighted by Crippen LogP contribution is 2.28. The van der Waals surface area contributed by atoms with Crippen molar-refractivity contribution < 1.29 is 9.90 Å². The first-order valence-corrected chi connectivity index (χ1v) is 7.18. The van der Waals surface area contributed by atoms with Crippen molar-refractivity contribution in [3.8, 4) is 0 Å². The van der Waals surface area contributed by atoms with Gasteiger partial charge >= 0.3 is 5.69 Å². The van der Waals surface area contributed by atoms with Gasteiger partial charge in [0.05, 0.1) is 16.6 Å². The second kappa shape index (κ2) is 5.04. The SMILES string of the molecule is Cn1c(=O)[nH]c2cc(C(=O)NCC3(O)CCCC3)ccc21. The molecule has 1 aromatic carbocycles. The molecule has 3 N–H and O–H groups in total. The largest absolute Gasteiger partial charge is 0.388 e. The zero-order valence-electron chi connectivity index (χ0n) is 12.0. The molecule has 0 saturated heterocycles. The Labute approximate surface area is 121 Å². The van der Waals surface area contributed by atoms with Gasteiger partial charge in [-0.2, -0.15) is 0 Å². The number of aryl methyl sites for hydroxylation is 1. The predicted octanol–water partition coefficient (Wildman–Crippen LogP) is 0.901. The highest BCUT2D eigenvalue weighted by molar-refractivity contribution is 5.97. The van der Waals surface area contributed by atoms with Crippen LogP contribution in [0.25, 0.3) is 11.0 Å². The molecule has 6 heteroatoms. The minimum absolute atomic E-state index is 0.206. The zero-order valence-corrected chi connectivity index (χ0v) is 12.0. The van der Waals surface area contributed by atoms with Gasteiger partial charge in [-0.25, -0.2) is 4.79 Å². The lowest BCUT2D eigenvalue weighted by atomic mass is 10.0. The van der Waals surface area contributed by atoms with E-state index in [1.807, 2.05) is 0 Å². The summed E-state index contributed by atoms with van der Waals surface area (Å²) in [6.07, 6.45) is 3.48. The summed E-state index contributed by atoms with van der Waals surface area (Å²) in [5, 5.41) is 13.0. The van der Waals surface area contributed by atoms with Gasteiger partial charge in [0, 0.05) is 19.2 Å². The third-order valence-corrected chi connectivity index (χ3v) is 4.28. The number of fused-ring (bicyclic) bond motifs is 1. The maximum absolute atomic E-state index is 12.2. The Bertz CT molecular complexity index is 738. The fourth-order valence-electron chi connectivity index (χ4n) is 2.94. The van der Waals surface area contributed by atoms with Crippen LogP contribution in [0.5, 0.6) is 0 Å². The molecule has 0 atom stereocenters. The van der Waals surface area contributed by atoms with E-state index in [9.17, 15) is 14.7 Å². The third-order valence-electron chi connectivity index (χ3n) is 4.28. The molecule has 1 heterocycles. The van der Waals surface area contributed by atoms with Gasteiger partial charge in [-0.05, 0) is 31.0 Å². The Morgan fingerprint density at radius 2 is 2.14 bits per heavy atom. The minimum Gasteiger partial charge on any atom is -0.388 e. The second-order valence-electron chi connectivity index (χ2n) is 5.84. The normalized spacial score (nSPS) is 17.2. The van der Waals surface area contributed by atoms with Gasteiger partial charge in [-0.3, -0.25) is 9.36 Å². The summed E-state index contributed by atoms with van der Waals surface area (Å²) in [5.74, 6) is -0.234. The molecule has 0 spiro atoms. The minimum atomic E-state index is -0.763. The summed E-state index contributed by atoms with van der Waals surface area (Å²) in [6.45, 7) is 0.273. The van der Waals surface area contributed by atoms with Crippen LogP contribution in [0, 0.1) is 0 Å². The van der Waals surface area contributed by atoms with E-state index < -0.39 is 5.60 Å². The van der Waals surface area contributed by atoms with E-state index in [0.717, 1.165) is 31.2 Å². The van der Waals surface area contributed by atoms with Gasteiger partial charge in [-0.1, -0.05) is 12.8 Å². The molecule has 0 aliphatic heterocycles. The fourth-order valence-corrected chi connectivity index (χ4v) is 2.94. The quantitative estimate of drug-likeness (QED) is 0.784. The van der Waals surface area contributed by atoms with Gasteiger partial charge in [0.25, 0.3) is 5.91 Å². The molecule has 1 fully saturated rings. The highest BCUT2D eigenvalue weighted by atomic mass is 16.3. The second-order valence-corrected chi connectivity index (χ2v) is 5.84. The number of rotatable bonds is 3. The summed E-state index contributed by atoms with van der Waals surface area (Å²) in [6, 6.07) is 5.08. The molecule has 21 heavy (non-hydrogen) atoms. The lowest BCUT2D eigenvalue weighted by Crippen LogP contribution is -2.40. The van der Waals surface area contributed by atoms with Crippen molar-refractivity contribution in [1.29, 1.82) is 0 Å². The van der Waals surface area contributed by atoms with Crippen molar-refractivity contribution >= 4 is 16.9 Å². The van der Waals surface area contributed by atoms with Crippen LogP contribution >= 0.6 is 0 Å². The van der Waals surface area contributed by atoms with E-state index >= 15 is 0 Å². The number of hydrogen-bond donors (Lipinski definition) is 3. The molecule has 1 amide bonds. The first-order chi connectivity index (χ1) is 9.98. The highest BCUT2D eigenvalue weighted by Gasteiger charge is 2.31. The Morgan fingerprint density at radius 1 is 1.43 bits per heavy atom. The molecule has 0 bridgehead atoms. The average Bonchev–Trinajstić information content (AvgIpc) is 3.02. The molecule has 6 nitrogen and oxygen atoms in total. The molecular formula is C15H19N3O3. The van der Waals surface area contributed by atoms with E-state index in [2.05, 4.69) is 10.3 Å². The van der Waals surface area contributed by atoms with Gasteiger partial charge in [0.2, 0.25) is 0 Å². The van der Waals surface area contributed by atoms with Gasteiger partial charge in [-0.15, -0.1) is 0 Å². The maximum Gasteiger partial charge on any atom is 0.326 e. The Balaban J connectivity index is 1.77. The van der Waals surface area contributed by atoms with E-state index in [1.54, 1.807) is 25.2 Å². The number of hydrogen-bond acceptors (Lipinski definition) is 3. The number of benzene rings is 1. The number of amides is 1. The number of imidazole rings is 1. The Hall–Kier alpha value is -2.08. The first kappa shape index (κ1) is 13.9. The molecule has 0 unspecified atom stereocenters. The fraction of sp³-hybridized carbons (Fsp3) is 0.467. The summed E-state index contributed by atoms with van der Waals surface area (Å²) in [7, 11) is 1.68. The number of nitrogens with one attached hydrogen (secondary N) is 2. The molecule has 112 valence electrons. The van der Waals surface area contributed by atoms with Crippen molar-refractivity contribution in [2.75, 3.05) is 6.54 Å². The summed E-state index contributed by atoms with van der Waals surface area (Å²) < 4.78 is 1.50. The molecule has 1 aromatic heterocycles. The summed E-state index contributed by atoms with van der Waals surface area (Å²) in [5.41, 5.74) is 0.898. The number of H-pyrrole nitrogens is 1. The monoisotopic (exact) mass is 289 g/mol. The van der Waals surface area contributed by atoms with Gasteiger partial charge < -0.3 is 15.4 Å². The van der Waals surface area contributed by atoms with Crippen molar-refractivity contribution in [3.63, 3.8) is 0 Å². The number of carbonyl (C=O) groups is 1. The third kappa shape index (κ3) is 2.58. The predicted molar refractivity (Wildman–Crippen MR) is 79.3 cm³/mol. The molecule has 1 saturated carbocycles. The van der Waals surface area contributed by atoms with E-state index in [1.165, 1.54) is 4.57 Å². The van der Waals surface area contributed by atoms with E-state index in [-0.39, 0.29) is 18.1 Å². The molecule has 1 aliphatic rings. The van der Waals surface area contributed by atoms with Gasteiger partial charge in [0.15, 0.2) is 0 Å². The number of aromatic amines is 1. The van der Waals surface area contributed by atoms with Crippen LogP contribution < -0.4 is 11.0 Å². The summed E-state index contributed by atoms with van der Waals surface area (Å²) >= 11 is 0. The smallest absolute Gasteiger partial charge is 0.326 e. The van der Waals surface area contributed by atoms with E-state index in [4.69, 9.17) is 0 Å². The molecule has 1 aliphatic carbocycles. The zero-order chi connectivity index (χ0) is 15.0. The Morgan fingerprint density at radius 3 is 2.86 bits per heavy atom. The molecule has 0 radical (unpaired) electrons. The Kier molecular flexibility index (Phi) is 3.33. The first-order valence-electron chi connectivity index (χ1n) is 7.18. The summed E-state index contributed by atoms with van der Waals surface area (Å²) in [4.78, 5) is 26.4. The lowest BCUT2D eigenvalue weighted by Gasteiger charge is -2.22. The van der Waals surface area contributed by atoms with Crippen LogP contribution in [0.2, 0.25) is 0 Å². The lowest BCUT2D eigenvalue weighted by molar-refractivity contribution is 0.0449. The van der Waals surface area contributed by atoms with Crippen LogP contribution in [0.3, 0.4) is 0 Å². The number of carbonyl (C=O) groups excluding carboxylic acids is 1. The maximum atomic E-state index is 12.2. The van der Waals surface area contributed by atoms with Crippen LogP contribution in [-0.2, 0) is 7.05 Å². The molecular weight excluding hydrogens is 270 g/mol. The van der Waals surface area contributed by atoms with Crippen LogP contribution in [0.4, 0.5) is 0 Å². The van der Waals surface area contributed by atoms with Crippen molar-refractivity contribution in [2.24, 2.45) is 7.05 Å². The number of aliphatic hydroxyl groups is 1. The van der Waals surface area contributed by atoms with E-state index in [0.29, 0.717) is 11.1 Å². The van der Waals surface area contributed by atoms with Crippen molar-refractivity contribution in [2.45, 2.75) is 31.3 Å². The number of nitrogens with zero attached hydrogens (tertiary/aromatic N) is 1. The average molecular weight is 289 g/mol. The molecule has 2 aromatic rings. The van der Waals surface area contributed by atoms with Gasteiger partial charge in [0.1, 0.15) is 0 Å². The van der Waals surface area contributed by atoms with Crippen LogP contribution in [0.15, 0.2) is 23.0 Å². The van der Waals surface area contributed by atoms with Crippen LogP contribution in [0.1, 0.15) is 36.0 Å². The number of aromatic nitrogens is 2. The van der Waals surface area contributed by atoms with Crippen LogP contribution in [-0.4, -0.2) is 32.7 Å².